The van der Waals surface area contributed by atoms with Crippen LogP contribution < -0.4 is 10.6 Å². The molecule has 112 valence electrons. The summed E-state index contributed by atoms with van der Waals surface area (Å²) in [7, 11) is 1.84. The standard InChI is InChI=1S/C15H15ClN6/c1-3-7-17-15-20-13(12-9-18-22(2)14(12)21-15)19-11-6-4-5-10(16)8-11/h3-6,8-9H,1,7H2,2H3,(H2,17,19,20,21). The molecule has 0 aliphatic carbocycles. The molecule has 0 atom stereocenters. The molecule has 1 aromatic carbocycles. The van der Waals surface area contributed by atoms with E-state index in [2.05, 4.69) is 32.3 Å². The lowest BCUT2D eigenvalue weighted by Gasteiger charge is -2.09. The molecule has 2 N–H and O–H groups in total. The van der Waals surface area contributed by atoms with E-state index in [9.17, 15) is 0 Å². The first kappa shape index (κ1) is 14.3. The van der Waals surface area contributed by atoms with Crippen LogP contribution in [0, 0.1) is 0 Å². The van der Waals surface area contributed by atoms with E-state index in [1.165, 1.54) is 0 Å². The molecule has 2 aromatic heterocycles. The summed E-state index contributed by atoms with van der Waals surface area (Å²) >= 11 is 6.02. The molecular weight excluding hydrogens is 300 g/mol. The summed E-state index contributed by atoms with van der Waals surface area (Å²) in [4.78, 5) is 8.96. The van der Waals surface area contributed by atoms with Gasteiger partial charge in [0.05, 0.1) is 11.6 Å². The highest BCUT2D eigenvalue weighted by Gasteiger charge is 2.11. The third-order valence-corrected chi connectivity index (χ3v) is 3.32. The highest BCUT2D eigenvalue weighted by molar-refractivity contribution is 6.30. The van der Waals surface area contributed by atoms with Crippen molar-refractivity contribution in [1.29, 1.82) is 0 Å². The van der Waals surface area contributed by atoms with Crippen LogP contribution in [0.1, 0.15) is 0 Å². The zero-order chi connectivity index (χ0) is 15.5. The fraction of sp³-hybridized carbons (Fsp3) is 0.133. The Hall–Kier alpha value is -2.60. The fourth-order valence-corrected chi connectivity index (χ4v) is 2.25. The van der Waals surface area contributed by atoms with Crippen LogP contribution in [0.4, 0.5) is 17.5 Å². The van der Waals surface area contributed by atoms with Gasteiger partial charge in [0.1, 0.15) is 5.82 Å². The Morgan fingerprint density at radius 1 is 1.36 bits per heavy atom. The average molecular weight is 315 g/mol. The summed E-state index contributed by atoms with van der Waals surface area (Å²) in [6.45, 7) is 4.26. The largest absolute Gasteiger partial charge is 0.351 e. The summed E-state index contributed by atoms with van der Waals surface area (Å²) in [6.07, 6.45) is 3.49. The number of nitrogens with zero attached hydrogens (tertiary/aromatic N) is 4. The quantitative estimate of drug-likeness (QED) is 0.707. The van der Waals surface area contributed by atoms with Gasteiger partial charge in [0, 0.05) is 24.3 Å². The molecule has 0 radical (unpaired) electrons. The predicted molar refractivity (Wildman–Crippen MR) is 89.7 cm³/mol. The second-order valence-electron chi connectivity index (χ2n) is 4.71. The van der Waals surface area contributed by atoms with Crippen LogP contribution in [-0.4, -0.2) is 26.3 Å². The maximum absolute atomic E-state index is 6.02. The van der Waals surface area contributed by atoms with Crippen LogP contribution in [0.3, 0.4) is 0 Å². The molecule has 7 heteroatoms. The molecule has 2 heterocycles. The van der Waals surface area contributed by atoms with Gasteiger partial charge in [-0.2, -0.15) is 15.1 Å². The Morgan fingerprint density at radius 2 is 2.23 bits per heavy atom. The van der Waals surface area contributed by atoms with Crippen LogP contribution >= 0.6 is 11.6 Å². The summed E-state index contributed by atoms with van der Waals surface area (Å²) in [5.41, 5.74) is 1.59. The van der Waals surface area contributed by atoms with Gasteiger partial charge in [-0.1, -0.05) is 23.7 Å². The molecule has 3 rings (SSSR count). The zero-order valence-electron chi connectivity index (χ0n) is 12.0. The van der Waals surface area contributed by atoms with E-state index >= 15 is 0 Å². The maximum Gasteiger partial charge on any atom is 0.226 e. The van der Waals surface area contributed by atoms with Crippen molar-refractivity contribution >= 4 is 40.1 Å². The Balaban J connectivity index is 2.04. The lowest BCUT2D eigenvalue weighted by Crippen LogP contribution is -2.06. The smallest absolute Gasteiger partial charge is 0.226 e. The number of rotatable bonds is 5. The summed E-state index contributed by atoms with van der Waals surface area (Å²) < 4.78 is 1.71. The first-order chi connectivity index (χ1) is 10.7. The van der Waals surface area contributed by atoms with E-state index < -0.39 is 0 Å². The Morgan fingerprint density at radius 3 is 3.00 bits per heavy atom. The van der Waals surface area contributed by atoms with E-state index in [-0.39, 0.29) is 0 Å². The van der Waals surface area contributed by atoms with Gasteiger partial charge >= 0.3 is 0 Å². The molecule has 0 saturated carbocycles. The first-order valence-corrected chi connectivity index (χ1v) is 7.12. The van der Waals surface area contributed by atoms with Crippen molar-refractivity contribution in [2.45, 2.75) is 0 Å². The van der Waals surface area contributed by atoms with Crippen molar-refractivity contribution in [3.63, 3.8) is 0 Å². The van der Waals surface area contributed by atoms with E-state index in [0.717, 1.165) is 16.7 Å². The second kappa shape index (κ2) is 6.03. The Bertz CT molecular complexity index is 826. The van der Waals surface area contributed by atoms with E-state index in [1.54, 1.807) is 17.0 Å². The molecule has 6 nitrogen and oxygen atoms in total. The molecule has 0 fully saturated rings. The third kappa shape index (κ3) is 2.87. The van der Waals surface area contributed by atoms with Gasteiger partial charge in [0.25, 0.3) is 0 Å². The molecule has 22 heavy (non-hydrogen) atoms. The summed E-state index contributed by atoms with van der Waals surface area (Å²) in [5, 5.41) is 12.1. The van der Waals surface area contributed by atoms with Crippen LogP contribution in [0.5, 0.6) is 0 Å². The number of aromatic nitrogens is 4. The SMILES string of the molecule is C=CCNc1nc(Nc2cccc(Cl)c2)c2cnn(C)c2n1. The molecule has 0 aliphatic heterocycles. The van der Waals surface area contributed by atoms with Gasteiger partial charge in [-0.15, -0.1) is 6.58 Å². The molecule has 0 amide bonds. The summed E-state index contributed by atoms with van der Waals surface area (Å²) in [6, 6.07) is 7.46. The number of hydrogen-bond donors (Lipinski definition) is 2. The highest BCUT2D eigenvalue weighted by Crippen LogP contribution is 2.26. The van der Waals surface area contributed by atoms with Crippen LogP contribution in [0.25, 0.3) is 11.0 Å². The Labute approximate surface area is 132 Å². The van der Waals surface area contributed by atoms with Gasteiger partial charge in [-0.25, -0.2) is 0 Å². The number of benzene rings is 1. The number of aryl methyl sites for hydroxylation is 1. The summed E-state index contributed by atoms with van der Waals surface area (Å²) in [5.74, 6) is 1.19. The third-order valence-electron chi connectivity index (χ3n) is 3.08. The Kier molecular flexibility index (Phi) is 3.93. The maximum atomic E-state index is 6.02. The van der Waals surface area contributed by atoms with E-state index in [4.69, 9.17) is 11.6 Å². The van der Waals surface area contributed by atoms with Crippen molar-refractivity contribution in [2.24, 2.45) is 7.05 Å². The van der Waals surface area contributed by atoms with Crippen LogP contribution in [0.15, 0.2) is 43.1 Å². The second-order valence-corrected chi connectivity index (χ2v) is 5.14. The minimum atomic E-state index is 0.514. The van der Waals surface area contributed by atoms with Crippen LogP contribution in [0.2, 0.25) is 5.02 Å². The fourth-order valence-electron chi connectivity index (χ4n) is 2.06. The van der Waals surface area contributed by atoms with Crippen LogP contribution in [-0.2, 0) is 7.05 Å². The monoisotopic (exact) mass is 314 g/mol. The average Bonchev–Trinajstić information content (AvgIpc) is 2.87. The van der Waals surface area contributed by atoms with Crippen molar-refractivity contribution < 1.29 is 0 Å². The predicted octanol–water partition coefficient (Wildman–Crippen LogP) is 3.36. The molecule has 3 aromatic rings. The van der Waals surface area contributed by atoms with Gasteiger partial charge in [0.15, 0.2) is 5.65 Å². The molecule has 0 bridgehead atoms. The minimum Gasteiger partial charge on any atom is -0.351 e. The van der Waals surface area contributed by atoms with Gasteiger partial charge in [0.2, 0.25) is 5.95 Å². The highest BCUT2D eigenvalue weighted by atomic mass is 35.5. The molecular formula is C15H15ClN6. The number of anilines is 3. The van der Waals surface area contributed by atoms with Crippen molar-refractivity contribution in [1.82, 2.24) is 19.7 Å². The zero-order valence-corrected chi connectivity index (χ0v) is 12.8. The van der Waals surface area contributed by atoms with E-state index in [1.807, 2.05) is 31.3 Å². The molecule has 0 spiro atoms. The molecule has 0 aliphatic rings. The topological polar surface area (TPSA) is 67.7 Å². The number of fused-ring (bicyclic) bond motifs is 1. The molecule has 0 unspecified atom stereocenters. The van der Waals surface area contributed by atoms with Gasteiger partial charge in [-0.3, -0.25) is 4.68 Å². The number of hydrogen-bond acceptors (Lipinski definition) is 5. The number of halogens is 1. The lowest BCUT2D eigenvalue weighted by atomic mass is 10.3. The van der Waals surface area contributed by atoms with Gasteiger partial charge < -0.3 is 10.6 Å². The van der Waals surface area contributed by atoms with Crippen molar-refractivity contribution in [2.75, 3.05) is 17.2 Å². The van der Waals surface area contributed by atoms with Gasteiger partial charge in [-0.05, 0) is 18.2 Å². The number of nitrogens with one attached hydrogen (secondary N) is 2. The minimum absolute atomic E-state index is 0.514. The normalized spacial score (nSPS) is 10.6. The van der Waals surface area contributed by atoms with Crippen molar-refractivity contribution in [3.8, 4) is 0 Å². The first-order valence-electron chi connectivity index (χ1n) is 6.74. The van der Waals surface area contributed by atoms with Crippen molar-refractivity contribution in [3.05, 3.63) is 48.1 Å². The van der Waals surface area contributed by atoms with E-state index in [0.29, 0.717) is 23.3 Å². The lowest BCUT2D eigenvalue weighted by molar-refractivity contribution is 0.785. The molecule has 0 saturated heterocycles.